The van der Waals surface area contributed by atoms with Gasteiger partial charge in [0.15, 0.2) is 0 Å². The van der Waals surface area contributed by atoms with E-state index in [9.17, 15) is 28.8 Å². The van der Waals surface area contributed by atoms with Crippen molar-refractivity contribution in [3.8, 4) is 0 Å². The molecule has 8 N–H and O–H groups in total. The summed E-state index contributed by atoms with van der Waals surface area (Å²) in [6.07, 6.45) is 0.281. The largest absolute Gasteiger partial charge is 0.481 e. The van der Waals surface area contributed by atoms with Gasteiger partial charge in [-0.2, -0.15) is 0 Å². The zero-order valence-corrected chi connectivity index (χ0v) is 18.0. The van der Waals surface area contributed by atoms with Gasteiger partial charge in [0.1, 0.15) is 18.1 Å². The number of aliphatic hydroxyl groups excluding tert-OH is 1. The summed E-state index contributed by atoms with van der Waals surface area (Å²) < 4.78 is 0. The lowest BCUT2D eigenvalue weighted by Crippen LogP contribution is -2.57. The molecule has 181 valence electrons. The molecule has 3 amide bonds. The number of carbonyl (C=O) groups excluding carboxylic acids is 4. The van der Waals surface area contributed by atoms with Crippen LogP contribution in [0, 0.1) is 5.92 Å². The average molecular weight is 459 g/mol. The van der Waals surface area contributed by atoms with Gasteiger partial charge in [-0.05, 0) is 18.8 Å². The van der Waals surface area contributed by atoms with Crippen LogP contribution in [0.3, 0.4) is 0 Å². The molecule has 0 fully saturated rings. The van der Waals surface area contributed by atoms with Crippen LogP contribution in [0.1, 0.15) is 46.0 Å². The average Bonchev–Trinajstić information content (AvgIpc) is 2.75. The predicted octanol–water partition coefficient (Wildman–Crippen LogP) is -2.35. The molecule has 0 saturated heterocycles. The van der Waals surface area contributed by atoms with Gasteiger partial charge < -0.3 is 37.0 Å². The Hall–Kier alpha value is -3.06. The van der Waals surface area contributed by atoms with Gasteiger partial charge in [0.2, 0.25) is 24.0 Å². The summed E-state index contributed by atoms with van der Waals surface area (Å²) in [5.74, 6) is -5.28. The number of rotatable bonds is 16. The fourth-order valence-electron chi connectivity index (χ4n) is 2.51. The second-order valence-electron chi connectivity index (χ2n) is 7.26. The Labute approximate surface area is 185 Å². The van der Waals surface area contributed by atoms with E-state index in [1.54, 1.807) is 6.92 Å². The highest BCUT2D eigenvalue weighted by Gasteiger charge is 2.30. The smallest absolute Gasteiger partial charge is 0.303 e. The van der Waals surface area contributed by atoms with E-state index in [1.165, 1.54) is 6.29 Å². The first-order chi connectivity index (χ1) is 15.0. The molecule has 0 spiro atoms. The Bertz CT molecular complexity index is 686. The van der Waals surface area contributed by atoms with Gasteiger partial charge in [0, 0.05) is 12.8 Å². The van der Waals surface area contributed by atoms with Crippen molar-refractivity contribution < 1.29 is 44.1 Å². The van der Waals surface area contributed by atoms with E-state index in [-0.39, 0.29) is 18.8 Å². The summed E-state index contributed by atoms with van der Waals surface area (Å²) in [4.78, 5) is 70.0. The molecular formula is C19H31N4O9. The molecule has 0 aliphatic carbocycles. The first kappa shape index (κ1) is 28.9. The van der Waals surface area contributed by atoms with E-state index < -0.39 is 73.3 Å². The number of carboxylic acids is 2. The zero-order valence-electron chi connectivity index (χ0n) is 18.0. The highest BCUT2D eigenvalue weighted by Crippen LogP contribution is 2.08. The summed E-state index contributed by atoms with van der Waals surface area (Å²) in [6.45, 7) is 2.78. The van der Waals surface area contributed by atoms with Gasteiger partial charge in [-0.25, -0.2) is 0 Å². The molecule has 13 nitrogen and oxygen atoms in total. The van der Waals surface area contributed by atoms with Crippen LogP contribution in [0.4, 0.5) is 0 Å². The second kappa shape index (κ2) is 14.9. The highest BCUT2D eigenvalue weighted by molar-refractivity contribution is 5.94. The highest BCUT2D eigenvalue weighted by atomic mass is 16.4. The van der Waals surface area contributed by atoms with Crippen molar-refractivity contribution in [1.29, 1.82) is 0 Å². The van der Waals surface area contributed by atoms with Crippen molar-refractivity contribution >= 4 is 35.9 Å². The standard InChI is InChI=1S/C19H31N4O9/c1-3-10(2)16(20)19(32)23-13(5-7-15(28)29)18(31)22-12(4-6-14(26)27)17(30)21-11(8-24)9-25/h10-13,16,24H,3-8,20H2,1-2H3,(H,21,30)(H,22,31)(H,23,32)(H,26,27)(H,28,29)/t10-,11-,12-,13-,16-/m0/s1. The minimum atomic E-state index is -1.44. The summed E-state index contributed by atoms with van der Waals surface area (Å²) >= 11 is 0. The quantitative estimate of drug-likeness (QED) is 0.130. The van der Waals surface area contributed by atoms with Crippen LogP contribution < -0.4 is 21.7 Å². The molecule has 0 unspecified atom stereocenters. The maximum atomic E-state index is 12.7. The Morgan fingerprint density at radius 1 is 0.875 bits per heavy atom. The van der Waals surface area contributed by atoms with E-state index in [4.69, 9.17) is 21.1 Å². The number of carboxylic acid groups (broad SMARTS) is 2. The molecule has 13 heteroatoms. The number of amides is 3. The fourth-order valence-corrected chi connectivity index (χ4v) is 2.51. The molecule has 0 aromatic heterocycles. The third-order valence-electron chi connectivity index (χ3n) is 4.76. The molecule has 0 aliphatic heterocycles. The van der Waals surface area contributed by atoms with Gasteiger partial charge in [0.25, 0.3) is 0 Å². The molecule has 0 saturated carbocycles. The number of carbonyl (C=O) groups is 5. The zero-order chi connectivity index (χ0) is 24.8. The van der Waals surface area contributed by atoms with Crippen LogP contribution in [0.25, 0.3) is 0 Å². The van der Waals surface area contributed by atoms with E-state index in [0.717, 1.165) is 0 Å². The summed E-state index contributed by atoms with van der Waals surface area (Å²) in [5, 5.41) is 33.5. The number of aliphatic hydroxyl groups is 1. The van der Waals surface area contributed by atoms with Crippen molar-refractivity contribution in [2.75, 3.05) is 6.61 Å². The van der Waals surface area contributed by atoms with Crippen molar-refractivity contribution in [3.05, 3.63) is 0 Å². The topological polar surface area (TPSA) is 225 Å². The Kier molecular flexibility index (Phi) is 13.4. The lowest BCUT2D eigenvalue weighted by atomic mass is 9.98. The van der Waals surface area contributed by atoms with Gasteiger partial charge in [0.05, 0.1) is 12.6 Å². The number of nitrogens with two attached hydrogens (primary N) is 1. The number of hydrogen-bond donors (Lipinski definition) is 7. The minimum absolute atomic E-state index is 0.220. The van der Waals surface area contributed by atoms with E-state index in [1.807, 2.05) is 6.92 Å². The van der Waals surface area contributed by atoms with Gasteiger partial charge in [-0.15, -0.1) is 0 Å². The van der Waals surface area contributed by atoms with E-state index in [2.05, 4.69) is 16.0 Å². The molecule has 0 heterocycles. The minimum Gasteiger partial charge on any atom is -0.481 e. The first-order valence-electron chi connectivity index (χ1n) is 10.1. The SMILES string of the molecule is CC[C@H](C)[C@H](N)C(=O)N[C@@H](CCC(=O)O)C(=O)N[C@@H](CCC(=O)O)C(=O)N[C@H]([C]=O)CO. The van der Waals surface area contributed by atoms with Crippen LogP contribution in [0.2, 0.25) is 0 Å². The third-order valence-corrected chi connectivity index (χ3v) is 4.76. The number of aliphatic carboxylic acids is 2. The molecule has 0 aromatic carbocycles. The monoisotopic (exact) mass is 459 g/mol. The molecular weight excluding hydrogens is 428 g/mol. The predicted molar refractivity (Wildman–Crippen MR) is 110 cm³/mol. The van der Waals surface area contributed by atoms with E-state index in [0.29, 0.717) is 6.42 Å². The maximum absolute atomic E-state index is 12.7. The van der Waals surface area contributed by atoms with E-state index >= 15 is 0 Å². The van der Waals surface area contributed by atoms with Gasteiger partial charge in [-0.3, -0.25) is 28.8 Å². The molecule has 5 atom stereocenters. The fraction of sp³-hybridized carbons (Fsp3) is 0.684. The normalized spacial score (nSPS) is 15.4. The van der Waals surface area contributed by atoms with Gasteiger partial charge in [-0.1, -0.05) is 20.3 Å². The third kappa shape index (κ3) is 10.8. The molecule has 0 aliphatic rings. The maximum Gasteiger partial charge on any atom is 0.303 e. The Morgan fingerprint density at radius 3 is 1.69 bits per heavy atom. The number of nitrogens with one attached hydrogen (secondary N) is 3. The molecule has 0 rings (SSSR count). The van der Waals surface area contributed by atoms with Gasteiger partial charge >= 0.3 is 11.9 Å². The lowest BCUT2D eigenvalue weighted by molar-refractivity contribution is -0.139. The molecule has 32 heavy (non-hydrogen) atoms. The second-order valence-corrected chi connectivity index (χ2v) is 7.26. The number of hydrogen-bond acceptors (Lipinski definition) is 8. The molecule has 1 radical (unpaired) electrons. The van der Waals surface area contributed by atoms with Crippen molar-refractivity contribution in [3.63, 3.8) is 0 Å². The van der Waals surface area contributed by atoms with Crippen molar-refractivity contribution in [1.82, 2.24) is 16.0 Å². The summed E-state index contributed by atoms with van der Waals surface area (Å²) in [6, 6.07) is -5.14. The van der Waals surface area contributed by atoms with Crippen molar-refractivity contribution in [2.24, 2.45) is 11.7 Å². The first-order valence-corrected chi connectivity index (χ1v) is 10.1. The Balaban J connectivity index is 5.51. The van der Waals surface area contributed by atoms with Crippen LogP contribution in [0.5, 0.6) is 0 Å². The summed E-state index contributed by atoms with van der Waals surface area (Å²) in [7, 11) is 0. The molecule has 0 bridgehead atoms. The summed E-state index contributed by atoms with van der Waals surface area (Å²) in [5.41, 5.74) is 5.84. The van der Waals surface area contributed by atoms with Crippen LogP contribution in [0.15, 0.2) is 0 Å². The van der Waals surface area contributed by atoms with Crippen LogP contribution in [-0.4, -0.2) is 82.0 Å². The van der Waals surface area contributed by atoms with Crippen molar-refractivity contribution in [2.45, 2.75) is 70.1 Å². The lowest BCUT2D eigenvalue weighted by Gasteiger charge is -2.25. The Morgan fingerprint density at radius 2 is 1.31 bits per heavy atom. The molecule has 0 aromatic rings. The van der Waals surface area contributed by atoms with Crippen LogP contribution in [-0.2, 0) is 28.8 Å². The van der Waals surface area contributed by atoms with Crippen LogP contribution >= 0.6 is 0 Å².